The van der Waals surface area contributed by atoms with Crippen LogP contribution >= 0.6 is 23.2 Å². The lowest BCUT2D eigenvalue weighted by Crippen LogP contribution is -2.25. The maximum atomic E-state index is 6.19. The molecule has 1 aromatic heterocycles. The summed E-state index contributed by atoms with van der Waals surface area (Å²) in [7, 11) is 0. The number of aromatic nitrogens is 1. The molecule has 1 aliphatic carbocycles. The molecule has 2 atom stereocenters. The van der Waals surface area contributed by atoms with E-state index in [1.807, 2.05) is 6.92 Å². The Kier molecular flexibility index (Phi) is 5.79. The van der Waals surface area contributed by atoms with Gasteiger partial charge in [-0.15, -0.1) is 0 Å². The predicted molar refractivity (Wildman–Crippen MR) is 85.1 cm³/mol. The smallest absolute Gasteiger partial charge is 0.234 e. The van der Waals surface area contributed by atoms with Gasteiger partial charge in [0, 0.05) is 6.54 Å². The van der Waals surface area contributed by atoms with E-state index < -0.39 is 0 Å². The number of pyridine rings is 1. The lowest BCUT2D eigenvalue weighted by atomic mass is 9.85. The average molecular weight is 317 g/mol. The maximum Gasteiger partial charge on any atom is 0.234 e. The molecule has 3 nitrogen and oxygen atoms in total. The van der Waals surface area contributed by atoms with Crippen molar-refractivity contribution in [2.24, 2.45) is 5.92 Å². The third-order valence-corrected chi connectivity index (χ3v) is 4.39. The van der Waals surface area contributed by atoms with Gasteiger partial charge in [0.1, 0.15) is 16.9 Å². The molecule has 0 saturated heterocycles. The summed E-state index contributed by atoms with van der Waals surface area (Å²) in [5.74, 6) is 1.89. The Hall–Kier alpha value is -0.670. The summed E-state index contributed by atoms with van der Waals surface area (Å²) in [6, 6.07) is 1.70. The standard InChI is InChI=1S/C15H22Cl2N2O/c1-3-10-6-5-7-11(8-10)20-15-13(17)9-12(16)14(19-15)18-4-2/h9-11H,3-8H2,1-2H3,(H,18,19). The molecule has 1 saturated carbocycles. The summed E-state index contributed by atoms with van der Waals surface area (Å²) in [5.41, 5.74) is 0. The van der Waals surface area contributed by atoms with Crippen molar-refractivity contribution in [2.45, 2.75) is 52.1 Å². The molecule has 2 unspecified atom stereocenters. The van der Waals surface area contributed by atoms with E-state index in [-0.39, 0.29) is 6.10 Å². The van der Waals surface area contributed by atoms with Crippen molar-refractivity contribution in [3.8, 4) is 5.88 Å². The molecule has 112 valence electrons. The van der Waals surface area contributed by atoms with Crippen LogP contribution in [0.3, 0.4) is 0 Å². The van der Waals surface area contributed by atoms with Crippen molar-refractivity contribution in [3.05, 3.63) is 16.1 Å². The second kappa shape index (κ2) is 7.37. The van der Waals surface area contributed by atoms with Crippen LogP contribution in [0.25, 0.3) is 0 Å². The molecular formula is C15H22Cl2N2O. The van der Waals surface area contributed by atoms with Gasteiger partial charge in [-0.25, -0.2) is 0 Å². The van der Waals surface area contributed by atoms with Gasteiger partial charge in [-0.05, 0) is 38.2 Å². The molecule has 2 rings (SSSR count). The zero-order valence-corrected chi connectivity index (χ0v) is 13.6. The van der Waals surface area contributed by atoms with E-state index in [1.54, 1.807) is 6.07 Å². The molecule has 1 aliphatic rings. The van der Waals surface area contributed by atoms with E-state index >= 15 is 0 Å². The lowest BCUT2D eigenvalue weighted by Gasteiger charge is -2.28. The maximum absolute atomic E-state index is 6.19. The fraction of sp³-hybridized carbons (Fsp3) is 0.667. The number of hydrogen-bond acceptors (Lipinski definition) is 3. The number of anilines is 1. The van der Waals surface area contributed by atoms with Crippen molar-refractivity contribution >= 4 is 29.0 Å². The van der Waals surface area contributed by atoms with Crippen LogP contribution in [0, 0.1) is 5.92 Å². The van der Waals surface area contributed by atoms with Crippen LogP contribution in [-0.2, 0) is 0 Å². The number of ether oxygens (including phenoxy) is 1. The second-order valence-electron chi connectivity index (χ2n) is 5.32. The Morgan fingerprint density at radius 1 is 1.30 bits per heavy atom. The van der Waals surface area contributed by atoms with Gasteiger partial charge in [0.25, 0.3) is 0 Å². The third kappa shape index (κ3) is 3.92. The summed E-state index contributed by atoms with van der Waals surface area (Å²) >= 11 is 12.3. The minimum absolute atomic E-state index is 0.217. The van der Waals surface area contributed by atoms with Crippen LogP contribution in [-0.4, -0.2) is 17.6 Å². The van der Waals surface area contributed by atoms with Gasteiger partial charge in [0.05, 0.1) is 5.02 Å². The molecular weight excluding hydrogens is 295 g/mol. The summed E-state index contributed by atoms with van der Waals surface area (Å²) < 4.78 is 6.02. The predicted octanol–water partition coefficient (Wildman–Crippen LogP) is 5.17. The topological polar surface area (TPSA) is 34.2 Å². The molecule has 0 spiro atoms. The highest BCUT2D eigenvalue weighted by Crippen LogP contribution is 2.34. The van der Waals surface area contributed by atoms with Crippen LogP contribution in [0.15, 0.2) is 6.07 Å². The molecule has 5 heteroatoms. The zero-order chi connectivity index (χ0) is 14.5. The van der Waals surface area contributed by atoms with Crippen molar-refractivity contribution in [1.82, 2.24) is 4.98 Å². The van der Waals surface area contributed by atoms with Crippen molar-refractivity contribution in [2.75, 3.05) is 11.9 Å². The minimum atomic E-state index is 0.217. The molecule has 1 aromatic rings. The van der Waals surface area contributed by atoms with E-state index in [2.05, 4.69) is 17.2 Å². The average Bonchev–Trinajstić information content (AvgIpc) is 2.44. The van der Waals surface area contributed by atoms with E-state index in [0.717, 1.165) is 25.3 Å². The number of rotatable bonds is 5. The van der Waals surface area contributed by atoms with Gasteiger partial charge in [0.2, 0.25) is 5.88 Å². The molecule has 0 radical (unpaired) electrons. The third-order valence-electron chi connectivity index (χ3n) is 3.83. The zero-order valence-electron chi connectivity index (χ0n) is 12.1. The van der Waals surface area contributed by atoms with Crippen molar-refractivity contribution < 1.29 is 4.74 Å². The minimum Gasteiger partial charge on any atom is -0.473 e. The van der Waals surface area contributed by atoms with Gasteiger partial charge in [-0.2, -0.15) is 4.98 Å². The SMILES string of the molecule is CCNc1nc(OC2CCCC(CC)C2)c(Cl)cc1Cl. The molecule has 1 N–H and O–H groups in total. The monoisotopic (exact) mass is 316 g/mol. The first-order chi connectivity index (χ1) is 9.63. The fourth-order valence-corrected chi connectivity index (χ4v) is 3.17. The quantitative estimate of drug-likeness (QED) is 0.813. The van der Waals surface area contributed by atoms with Crippen molar-refractivity contribution in [1.29, 1.82) is 0 Å². The Balaban J connectivity index is 2.10. The van der Waals surface area contributed by atoms with E-state index in [9.17, 15) is 0 Å². The highest BCUT2D eigenvalue weighted by Gasteiger charge is 2.23. The molecule has 20 heavy (non-hydrogen) atoms. The molecule has 0 amide bonds. The van der Waals surface area contributed by atoms with Gasteiger partial charge >= 0.3 is 0 Å². The molecule has 0 aliphatic heterocycles. The number of halogens is 2. The first-order valence-corrected chi connectivity index (χ1v) is 8.16. The fourth-order valence-electron chi connectivity index (χ4n) is 2.70. The van der Waals surface area contributed by atoms with E-state index in [1.165, 1.54) is 19.3 Å². The first-order valence-electron chi connectivity index (χ1n) is 7.40. The highest BCUT2D eigenvalue weighted by atomic mass is 35.5. The summed E-state index contributed by atoms with van der Waals surface area (Å²) in [6.45, 7) is 5.00. The largest absolute Gasteiger partial charge is 0.473 e. The molecule has 1 fully saturated rings. The van der Waals surface area contributed by atoms with E-state index in [0.29, 0.717) is 21.7 Å². The Morgan fingerprint density at radius 3 is 2.80 bits per heavy atom. The Labute approximate surface area is 131 Å². The van der Waals surface area contributed by atoms with Crippen LogP contribution in [0.4, 0.5) is 5.82 Å². The summed E-state index contributed by atoms with van der Waals surface area (Å²) in [6.07, 6.45) is 6.12. The van der Waals surface area contributed by atoms with E-state index in [4.69, 9.17) is 27.9 Å². The number of nitrogens with one attached hydrogen (secondary N) is 1. The number of hydrogen-bond donors (Lipinski definition) is 1. The Bertz CT molecular complexity index is 454. The van der Waals surface area contributed by atoms with Crippen LogP contribution in [0.2, 0.25) is 10.0 Å². The van der Waals surface area contributed by atoms with Gasteiger partial charge in [0.15, 0.2) is 0 Å². The van der Waals surface area contributed by atoms with Crippen LogP contribution in [0.1, 0.15) is 46.0 Å². The highest BCUT2D eigenvalue weighted by molar-refractivity contribution is 6.36. The first kappa shape index (κ1) is 15.7. The molecule has 0 bridgehead atoms. The lowest BCUT2D eigenvalue weighted by molar-refractivity contribution is 0.117. The Morgan fingerprint density at radius 2 is 2.10 bits per heavy atom. The van der Waals surface area contributed by atoms with Crippen LogP contribution in [0.5, 0.6) is 5.88 Å². The van der Waals surface area contributed by atoms with Crippen molar-refractivity contribution in [3.63, 3.8) is 0 Å². The molecule has 1 heterocycles. The normalized spacial score (nSPS) is 22.6. The van der Waals surface area contributed by atoms with Gasteiger partial charge in [-0.3, -0.25) is 0 Å². The number of nitrogens with zero attached hydrogens (tertiary/aromatic N) is 1. The van der Waals surface area contributed by atoms with Gasteiger partial charge < -0.3 is 10.1 Å². The second-order valence-corrected chi connectivity index (χ2v) is 6.13. The summed E-state index contributed by atoms with van der Waals surface area (Å²) in [4.78, 5) is 4.41. The van der Waals surface area contributed by atoms with Gasteiger partial charge in [-0.1, -0.05) is 43.0 Å². The molecule has 0 aromatic carbocycles. The summed E-state index contributed by atoms with van der Waals surface area (Å²) in [5, 5.41) is 4.13. The van der Waals surface area contributed by atoms with Crippen LogP contribution < -0.4 is 10.1 Å².